The number of imide groups is 1. The van der Waals surface area contributed by atoms with E-state index in [1.807, 2.05) is 41.5 Å². The van der Waals surface area contributed by atoms with Gasteiger partial charge in [-0.3, -0.25) is 14.4 Å². The summed E-state index contributed by atoms with van der Waals surface area (Å²) in [5.74, 6) is 1.20. The van der Waals surface area contributed by atoms with Crippen molar-refractivity contribution in [1.29, 1.82) is 0 Å². The summed E-state index contributed by atoms with van der Waals surface area (Å²) in [4.78, 5) is 49.4. The van der Waals surface area contributed by atoms with E-state index in [4.69, 9.17) is 10.2 Å². The molecular weight excluding hydrogens is 789 g/mol. The lowest BCUT2D eigenvalue weighted by Crippen LogP contribution is -2.41. The van der Waals surface area contributed by atoms with Crippen molar-refractivity contribution in [3.05, 3.63) is 35.5 Å². The highest BCUT2D eigenvalue weighted by molar-refractivity contribution is 7.82. The number of hydrogen-bond acceptors (Lipinski definition) is 9. The molecule has 5 atom stereocenters. The number of nitrogens with one attached hydrogen (secondary N) is 1. The van der Waals surface area contributed by atoms with Crippen molar-refractivity contribution in [3.63, 3.8) is 0 Å². The molecule has 3 aliphatic carbocycles. The number of allylic oxidation sites excluding steroid dienone is 5. The van der Waals surface area contributed by atoms with E-state index < -0.39 is 28.1 Å². The summed E-state index contributed by atoms with van der Waals surface area (Å²) in [7, 11) is 0. The van der Waals surface area contributed by atoms with Gasteiger partial charge in [0.2, 0.25) is 5.91 Å². The highest BCUT2D eigenvalue weighted by atomic mass is 32.1. The molecule has 3 saturated carbocycles. The third-order valence-corrected chi connectivity index (χ3v) is 12.6. The number of hydroxylamine groups is 2. The van der Waals surface area contributed by atoms with Gasteiger partial charge in [-0.2, -0.15) is 12.6 Å². The van der Waals surface area contributed by atoms with Crippen LogP contribution in [0.5, 0.6) is 0 Å². The smallest absolute Gasteiger partial charge is 0.333 e. The third kappa shape index (κ3) is 22.1. The van der Waals surface area contributed by atoms with E-state index in [1.54, 1.807) is 12.5 Å². The molecule has 0 bridgehead atoms. The number of carbonyl (C=O) groups excluding carboxylic acids is 4. The zero-order chi connectivity index (χ0) is 46.8. The van der Waals surface area contributed by atoms with Crippen LogP contribution in [0, 0.1) is 29.1 Å². The molecule has 4 unspecified atom stereocenters. The molecule has 1 aliphatic heterocycles. The monoisotopic (exact) mass is 879 g/mol. The Balaban J connectivity index is 0.000000922. The van der Waals surface area contributed by atoms with Crippen LogP contribution >= 0.6 is 12.6 Å². The largest absolute Gasteiger partial charge is 0.396 e. The Morgan fingerprint density at radius 1 is 0.918 bits per heavy atom. The second kappa shape index (κ2) is 30.6. The van der Waals surface area contributed by atoms with Gasteiger partial charge in [-0.1, -0.05) is 105 Å². The highest BCUT2D eigenvalue weighted by Crippen LogP contribution is 2.60. The SMILES string of the molecule is C=C1CCCC/C1=C/C=C1\CCCC2(C)C1CCC2[C@H](C)CCCC(C)(C)O.CC.CC(C)CCC(=O)ON1C(=O)CCC1=O.CC(S)(CCO)C(=O)NCCCO.CCC. The molecule has 0 aromatic carbocycles. The fourth-order valence-corrected chi connectivity index (χ4v) is 8.87. The standard InChI is InChI=1S/C27H44O.C10H15NO4.C8H17NO3S.C3H8.C2H6/c1-20-10-6-7-12-22(20)14-15-23-13-9-19-27(5)24(16-17-25(23)27)21(2)11-8-18-26(3,4)28;1-7(2)3-6-10(14)15-11-8(12)4-5-9(11)13;1-8(13,3-6-11)7(12)9-4-2-5-10;1-3-2;1-2/h14-15,21,24-25,28H,1,6-13,16-19H2,2-5H3;7H,3-6H2,1-2H3;10-11,13H,2-6H2,1H3,(H,9,12);3H2,1-2H3;1-2H3/b22-14-,23-15+;;;;/t21-,24?,25?,27?;;;;/m1..../s1. The Labute approximate surface area is 377 Å². The predicted octanol–water partition coefficient (Wildman–Crippen LogP) is 10.8. The van der Waals surface area contributed by atoms with Crippen molar-refractivity contribution in [2.24, 2.45) is 29.1 Å². The molecule has 4 N–H and O–H groups in total. The number of aliphatic hydroxyl groups is 3. The molecule has 1 saturated heterocycles. The summed E-state index contributed by atoms with van der Waals surface area (Å²) in [6.07, 6.45) is 23.5. The van der Waals surface area contributed by atoms with Crippen LogP contribution in [0.15, 0.2) is 35.5 Å². The quantitative estimate of drug-likeness (QED) is 0.0583. The molecule has 4 fully saturated rings. The first kappa shape index (κ1) is 58.5. The number of hydrogen-bond donors (Lipinski definition) is 5. The fraction of sp³-hybridized carbons (Fsp3) is 0.800. The first-order valence-electron chi connectivity index (χ1n) is 23.8. The minimum absolute atomic E-state index is 0.0591. The lowest BCUT2D eigenvalue weighted by molar-refractivity contribution is -0.197. The molecule has 3 amide bonds. The van der Waals surface area contributed by atoms with E-state index >= 15 is 0 Å². The maximum absolute atomic E-state index is 11.3. The topological polar surface area (TPSA) is 153 Å². The van der Waals surface area contributed by atoms with E-state index in [0.717, 1.165) is 30.6 Å². The Kier molecular flexibility index (Phi) is 29.3. The third-order valence-electron chi connectivity index (χ3n) is 12.1. The van der Waals surface area contributed by atoms with Crippen LogP contribution in [0.1, 0.15) is 198 Å². The molecule has 0 aromatic rings. The molecule has 0 aromatic heterocycles. The summed E-state index contributed by atoms with van der Waals surface area (Å²) in [5.41, 5.74) is 4.59. The number of carbonyl (C=O) groups is 4. The maximum Gasteiger partial charge on any atom is 0.333 e. The summed E-state index contributed by atoms with van der Waals surface area (Å²) < 4.78 is -0.829. The first-order valence-corrected chi connectivity index (χ1v) is 24.2. The molecule has 4 aliphatic rings. The normalized spacial score (nSPS) is 23.9. The second-order valence-electron chi connectivity index (χ2n) is 18.8. The van der Waals surface area contributed by atoms with E-state index in [9.17, 15) is 24.3 Å². The fourth-order valence-electron chi connectivity index (χ4n) is 8.69. The summed E-state index contributed by atoms with van der Waals surface area (Å²) in [6, 6.07) is 0. The van der Waals surface area contributed by atoms with E-state index in [-0.39, 0.29) is 38.4 Å². The lowest BCUT2D eigenvalue weighted by Gasteiger charge is -2.44. The minimum Gasteiger partial charge on any atom is -0.396 e. The van der Waals surface area contributed by atoms with Gasteiger partial charge in [0.05, 0.1) is 10.3 Å². The second-order valence-corrected chi connectivity index (χ2v) is 19.8. The first-order chi connectivity index (χ1) is 28.7. The number of fused-ring (bicyclic) bond motifs is 1. The molecule has 0 spiro atoms. The van der Waals surface area contributed by atoms with Gasteiger partial charge in [0.15, 0.2) is 0 Å². The van der Waals surface area contributed by atoms with Crippen molar-refractivity contribution >= 4 is 36.3 Å². The number of nitrogens with zero attached hydrogens (tertiary/aromatic N) is 1. The van der Waals surface area contributed by atoms with Crippen LogP contribution in [-0.2, 0) is 24.0 Å². The minimum atomic E-state index is -0.829. The molecule has 10 nitrogen and oxygen atoms in total. The van der Waals surface area contributed by atoms with Crippen LogP contribution in [0.2, 0.25) is 0 Å². The average Bonchev–Trinajstić information content (AvgIpc) is 3.72. The summed E-state index contributed by atoms with van der Waals surface area (Å²) >= 11 is 4.13. The van der Waals surface area contributed by atoms with Gasteiger partial charge in [0, 0.05) is 39.0 Å². The van der Waals surface area contributed by atoms with Gasteiger partial charge in [-0.05, 0) is 139 Å². The Bertz CT molecular complexity index is 1370. The van der Waals surface area contributed by atoms with Crippen LogP contribution in [0.3, 0.4) is 0 Å². The number of thiol groups is 1. The molecule has 4 rings (SSSR count). The summed E-state index contributed by atoms with van der Waals surface area (Å²) in [6.45, 7) is 27.6. The molecule has 0 radical (unpaired) electrons. The molecule has 11 heteroatoms. The Hall–Kier alpha value is -2.47. The van der Waals surface area contributed by atoms with Gasteiger partial charge < -0.3 is 25.5 Å². The Morgan fingerprint density at radius 2 is 1.52 bits per heavy atom. The lowest BCUT2D eigenvalue weighted by atomic mass is 9.60. The van der Waals surface area contributed by atoms with Gasteiger partial charge in [0.25, 0.3) is 11.8 Å². The van der Waals surface area contributed by atoms with Crippen LogP contribution < -0.4 is 5.32 Å². The average molecular weight is 879 g/mol. The van der Waals surface area contributed by atoms with Crippen molar-refractivity contribution in [2.45, 2.75) is 209 Å². The van der Waals surface area contributed by atoms with Crippen molar-refractivity contribution in [1.82, 2.24) is 10.4 Å². The van der Waals surface area contributed by atoms with Gasteiger partial charge in [-0.15, -0.1) is 5.06 Å². The molecule has 61 heavy (non-hydrogen) atoms. The van der Waals surface area contributed by atoms with Crippen LogP contribution in [0.25, 0.3) is 0 Å². The van der Waals surface area contributed by atoms with E-state index in [1.165, 1.54) is 81.8 Å². The highest BCUT2D eigenvalue weighted by Gasteiger charge is 2.50. The number of rotatable bonds is 16. The molecule has 1 heterocycles. The van der Waals surface area contributed by atoms with E-state index in [2.05, 4.69) is 69.2 Å². The molecule has 354 valence electrons. The van der Waals surface area contributed by atoms with E-state index in [0.29, 0.717) is 42.2 Å². The zero-order valence-electron chi connectivity index (χ0n) is 40.5. The van der Waals surface area contributed by atoms with Crippen LogP contribution in [0.4, 0.5) is 0 Å². The predicted molar refractivity (Wildman–Crippen MR) is 254 cm³/mol. The van der Waals surface area contributed by atoms with Crippen LogP contribution in [-0.4, -0.2) is 74.2 Å². The Morgan fingerprint density at radius 3 is 2.07 bits per heavy atom. The molecular formula is C50H90N2O8S. The van der Waals surface area contributed by atoms with Gasteiger partial charge in [-0.25, -0.2) is 4.79 Å². The number of aliphatic hydroxyl groups excluding tert-OH is 2. The zero-order valence-corrected chi connectivity index (χ0v) is 41.4. The van der Waals surface area contributed by atoms with Crippen molar-refractivity contribution in [2.75, 3.05) is 19.8 Å². The maximum atomic E-state index is 11.3. The number of amides is 3. The van der Waals surface area contributed by atoms with Crippen molar-refractivity contribution < 1.29 is 39.3 Å². The van der Waals surface area contributed by atoms with Crippen molar-refractivity contribution in [3.8, 4) is 0 Å². The van der Waals surface area contributed by atoms with Gasteiger partial charge >= 0.3 is 5.97 Å². The van der Waals surface area contributed by atoms with Gasteiger partial charge in [0.1, 0.15) is 0 Å². The summed E-state index contributed by atoms with van der Waals surface area (Å²) in [5, 5.41) is 30.4.